The van der Waals surface area contributed by atoms with Crippen LogP contribution in [0.4, 0.5) is 0 Å². The second kappa shape index (κ2) is 8.53. The average Bonchev–Trinajstić information content (AvgIpc) is 2.65. The third-order valence-corrected chi connectivity index (χ3v) is 4.18. The van der Waals surface area contributed by atoms with Crippen LogP contribution in [0.15, 0.2) is 40.9 Å². The molecule has 132 valence electrons. The van der Waals surface area contributed by atoms with Gasteiger partial charge in [-0.1, -0.05) is 12.1 Å². The molecule has 0 N–H and O–H groups in total. The van der Waals surface area contributed by atoms with Gasteiger partial charge in [0.25, 0.3) is 0 Å². The first kappa shape index (κ1) is 18.8. The van der Waals surface area contributed by atoms with Gasteiger partial charge >= 0.3 is 11.9 Å². The molecule has 0 radical (unpaired) electrons. The Hall–Kier alpha value is -2.54. The fraction of sp³-hybridized carbons (Fsp3) is 0.222. The zero-order valence-electron chi connectivity index (χ0n) is 14.0. The number of rotatable bonds is 6. The molecule has 0 saturated carbocycles. The van der Waals surface area contributed by atoms with E-state index >= 15 is 0 Å². The molecular weight excluding hydrogens is 392 g/mol. The fourth-order valence-corrected chi connectivity index (χ4v) is 2.68. The number of methoxy groups -OCH3 is 3. The minimum absolute atomic E-state index is 0.0182. The molecular formula is C18H17BrO6. The van der Waals surface area contributed by atoms with E-state index in [-0.39, 0.29) is 6.61 Å². The Morgan fingerprint density at radius 3 is 2.12 bits per heavy atom. The molecule has 0 atom stereocenters. The molecule has 0 spiro atoms. The third kappa shape index (κ3) is 4.51. The van der Waals surface area contributed by atoms with Crippen molar-refractivity contribution in [2.45, 2.75) is 6.61 Å². The zero-order chi connectivity index (χ0) is 18.4. The minimum Gasteiger partial charge on any atom is -0.495 e. The lowest BCUT2D eigenvalue weighted by molar-refractivity contribution is 0.0472. The van der Waals surface area contributed by atoms with E-state index in [1.165, 1.54) is 21.3 Å². The maximum atomic E-state index is 12.3. The summed E-state index contributed by atoms with van der Waals surface area (Å²) < 4.78 is 21.0. The summed E-state index contributed by atoms with van der Waals surface area (Å²) in [6, 6.07) is 9.80. The molecule has 0 unspecified atom stereocenters. The predicted molar refractivity (Wildman–Crippen MR) is 94.1 cm³/mol. The van der Waals surface area contributed by atoms with E-state index in [0.717, 1.165) is 0 Å². The Bertz CT molecular complexity index is 762. The largest absolute Gasteiger partial charge is 0.495 e. The van der Waals surface area contributed by atoms with Gasteiger partial charge in [0.1, 0.15) is 22.6 Å². The van der Waals surface area contributed by atoms with E-state index in [0.29, 0.717) is 32.7 Å². The second-order valence-corrected chi connectivity index (χ2v) is 5.76. The SMILES string of the molecule is COC(=O)c1cccc(COC(=O)c2cc(OC)c(Br)c(OC)c2)c1. The summed E-state index contributed by atoms with van der Waals surface area (Å²) in [5, 5.41) is 0. The van der Waals surface area contributed by atoms with Crippen LogP contribution in [-0.2, 0) is 16.1 Å². The Morgan fingerprint density at radius 1 is 0.920 bits per heavy atom. The highest BCUT2D eigenvalue weighted by molar-refractivity contribution is 9.10. The van der Waals surface area contributed by atoms with E-state index in [1.807, 2.05) is 0 Å². The molecule has 0 fully saturated rings. The first-order valence-electron chi connectivity index (χ1n) is 7.26. The van der Waals surface area contributed by atoms with E-state index in [2.05, 4.69) is 20.7 Å². The average molecular weight is 409 g/mol. The van der Waals surface area contributed by atoms with Gasteiger partial charge in [-0.15, -0.1) is 0 Å². The lowest BCUT2D eigenvalue weighted by atomic mass is 10.1. The Kier molecular flexibility index (Phi) is 6.41. The molecule has 0 saturated heterocycles. The number of halogens is 1. The van der Waals surface area contributed by atoms with Crippen LogP contribution in [0.3, 0.4) is 0 Å². The van der Waals surface area contributed by atoms with Gasteiger partial charge in [0, 0.05) is 0 Å². The highest BCUT2D eigenvalue weighted by Crippen LogP contribution is 2.35. The van der Waals surface area contributed by atoms with Crippen LogP contribution < -0.4 is 9.47 Å². The van der Waals surface area contributed by atoms with Crippen LogP contribution in [0, 0.1) is 0 Å². The minimum atomic E-state index is -0.535. The van der Waals surface area contributed by atoms with Gasteiger partial charge < -0.3 is 18.9 Å². The molecule has 0 bridgehead atoms. The maximum Gasteiger partial charge on any atom is 0.338 e. The molecule has 6 nitrogen and oxygen atoms in total. The molecule has 0 heterocycles. The van der Waals surface area contributed by atoms with Crippen LogP contribution in [0.2, 0.25) is 0 Å². The van der Waals surface area contributed by atoms with Crippen LogP contribution in [0.5, 0.6) is 11.5 Å². The van der Waals surface area contributed by atoms with Crippen molar-refractivity contribution in [3.63, 3.8) is 0 Å². The molecule has 25 heavy (non-hydrogen) atoms. The summed E-state index contributed by atoms with van der Waals surface area (Å²) in [6.07, 6.45) is 0. The van der Waals surface area contributed by atoms with Gasteiger partial charge in [0.15, 0.2) is 0 Å². The Balaban J connectivity index is 2.14. The normalized spacial score (nSPS) is 10.1. The molecule has 0 aliphatic heterocycles. The molecule has 7 heteroatoms. The van der Waals surface area contributed by atoms with Gasteiger partial charge in [-0.3, -0.25) is 0 Å². The number of hydrogen-bond donors (Lipinski definition) is 0. The Labute approximate surface area is 153 Å². The molecule has 0 aliphatic rings. The standard InChI is InChI=1S/C18H17BrO6/c1-22-14-8-13(9-15(23-2)16(14)19)18(21)25-10-11-5-4-6-12(7-11)17(20)24-3/h4-9H,10H2,1-3H3. The van der Waals surface area contributed by atoms with Crippen LogP contribution in [-0.4, -0.2) is 33.3 Å². The summed E-state index contributed by atoms with van der Waals surface area (Å²) in [5.74, 6) is -0.0684. The second-order valence-electron chi connectivity index (χ2n) is 4.96. The lowest BCUT2D eigenvalue weighted by Crippen LogP contribution is -2.07. The fourth-order valence-electron chi connectivity index (χ4n) is 2.13. The maximum absolute atomic E-state index is 12.3. The molecule has 2 aromatic rings. The number of benzene rings is 2. The summed E-state index contributed by atoms with van der Waals surface area (Å²) in [7, 11) is 4.29. The molecule has 2 aromatic carbocycles. The van der Waals surface area contributed by atoms with Crippen molar-refractivity contribution in [3.05, 3.63) is 57.6 Å². The summed E-state index contributed by atoms with van der Waals surface area (Å²) in [4.78, 5) is 23.8. The van der Waals surface area contributed by atoms with Crippen LogP contribution in [0.25, 0.3) is 0 Å². The monoisotopic (exact) mass is 408 g/mol. The quantitative estimate of drug-likeness (QED) is 0.679. The summed E-state index contributed by atoms with van der Waals surface area (Å²) >= 11 is 3.34. The van der Waals surface area contributed by atoms with Crippen molar-refractivity contribution in [2.75, 3.05) is 21.3 Å². The van der Waals surface area contributed by atoms with Crippen molar-refractivity contribution >= 4 is 27.9 Å². The first-order chi connectivity index (χ1) is 12.0. The number of hydrogen-bond acceptors (Lipinski definition) is 6. The first-order valence-corrected chi connectivity index (χ1v) is 8.05. The lowest BCUT2D eigenvalue weighted by Gasteiger charge is -2.11. The zero-order valence-corrected chi connectivity index (χ0v) is 15.6. The van der Waals surface area contributed by atoms with Crippen molar-refractivity contribution in [1.29, 1.82) is 0 Å². The molecule has 2 rings (SSSR count). The molecule has 0 aromatic heterocycles. The van der Waals surface area contributed by atoms with Gasteiger partial charge in [-0.2, -0.15) is 0 Å². The van der Waals surface area contributed by atoms with E-state index in [1.54, 1.807) is 36.4 Å². The number of esters is 2. The topological polar surface area (TPSA) is 71.1 Å². The predicted octanol–water partition coefficient (Wildman–Crippen LogP) is 3.61. The van der Waals surface area contributed by atoms with Crippen molar-refractivity contribution in [2.24, 2.45) is 0 Å². The number of carbonyl (C=O) groups excluding carboxylic acids is 2. The van der Waals surface area contributed by atoms with Crippen LogP contribution >= 0.6 is 15.9 Å². The molecule has 0 amide bonds. The summed E-state index contributed by atoms with van der Waals surface area (Å²) in [6.45, 7) is 0.0182. The Morgan fingerprint density at radius 2 is 1.56 bits per heavy atom. The van der Waals surface area contributed by atoms with E-state index < -0.39 is 11.9 Å². The molecule has 0 aliphatic carbocycles. The van der Waals surface area contributed by atoms with Gasteiger partial charge in [-0.25, -0.2) is 9.59 Å². The van der Waals surface area contributed by atoms with Crippen LogP contribution in [0.1, 0.15) is 26.3 Å². The highest BCUT2D eigenvalue weighted by Gasteiger charge is 2.16. The van der Waals surface area contributed by atoms with Crippen molar-refractivity contribution in [1.82, 2.24) is 0 Å². The summed E-state index contributed by atoms with van der Waals surface area (Å²) in [5.41, 5.74) is 1.36. The van der Waals surface area contributed by atoms with Crippen molar-refractivity contribution in [3.8, 4) is 11.5 Å². The van der Waals surface area contributed by atoms with Gasteiger partial charge in [-0.05, 0) is 45.8 Å². The third-order valence-electron chi connectivity index (χ3n) is 3.40. The highest BCUT2D eigenvalue weighted by atomic mass is 79.9. The van der Waals surface area contributed by atoms with E-state index in [9.17, 15) is 9.59 Å². The van der Waals surface area contributed by atoms with Crippen molar-refractivity contribution < 1.29 is 28.5 Å². The van der Waals surface area contributed by atoms with E-state index in [4.69, 9.17) is 14.2 Å². The number of ether oxygens (including phenoxy) is 4. The number of carbonyl (C=O) groups is 2. The van der Waals surface area contributed by atoms with Gasteiger partial charge in [0.05, 0.1) is 32.5 Å². The van der Waals surface area contributed by atoms with Gasteiger partial charge in [0.2, 0.25) is 0 Å². The smallest absolute Gasteiger partial charge is 0.338 e.